The highest BCUT2D eigenvalue weighted by atomic mass is 16.4. The molecule has 0 aromatic rings. The first-order valence-corrected chi connectivity index (χ1v) is 6.65. The second-order valence-electron chi connectivity index (χ2n) is 5.45. The number of nitrogens with one attached hydrogen (secondary N) is 1. The van der Waals surface area contributed by atoms with Gasteiger partial charge in [0.2, 0.25) is 0 Å². The molecule has 0 aliphatic carbocycles. The maximum atomic E-state index is 12.0. The Morgan fingerprint density at radius 3 is 2.44 bits per heavy atom. The molecule has 0 radical (unpaired) electrons. The minimum absolute atomic E-state index is 0.0205. The molecule has 4 unspecified atom stereocenters. The van der Waals surface area contributed by atoms with Gasteiger partial charge >= 0.3 is 12.0 Å². The highest BCUT2D eigenvalue weighted by Crippen LogP contribution is 2.23. The van der Waals surface area contributed by atoms with Crippen LogP contribution in [0.3, 0.4) is 0 Å². The fraction of sp³-hybridized carbons (Fsp3) is 0.846. The zero-order valence-corrected chi connectivity index (χ0v) is 11.6. The topological polar surface area (TPSA) is 69.6 Å². The fourth-order valence-corrected chi connectivity index (χ4v) is 2.24. The number of likely N-dealkylation sites (tertiary alicyclic amines) is 1. The molecular weight excluding hydrogens is 232 g/mol. The Kier molecular flexibility index (Phi) is 4.99. The number of nitrogens with zero attached hydrogens (tertiary/aromatic N) is 1. The summed E-state index contributed by atoms with van der Waals surface area (Å²) in [5, 5.41) is 12.0. The van der Waals surface area contributed by atoms with Crippen LogP contribution in [0.25, 0.3) is 0 Å². The Labute approximate surface area is 109 Å². The van der Waals surface area contributed by atoms with E-state index in [1.807, 2.05) is 13.8 Å². The summed E-state index contributed by atoms with van der Waals surface area (Å²) in [6.07, 6.45) is 1.01. The third-order valence-corrected chi connectivity index (χ3v) is 4.07. The molecule has 0 aromatic carbocycles. The first-order chi connectivity index (χ1) is 8.36. The molecule has 1 aliphatic rings. The molecule has 0 spiro atoms. The van der Waals surface area contributed by atoms with Gasteiger partial charge in [0, 0.05) is 19.1 Å². The summed E-state index contributed by atoms with van der Waals surface area (Å²) < 4.78 is 0. The molecule has 2 N–H and O–H groups in total. The Bertz CT molecular complexity index is 319. The zero-order chi connectivity index (χ0) is 13.9. The number of aliphatic carboxylic acids is 1. The van der Waals surface area contributed by atoms with E-state index in [0.29, 0.717) is 19.0 Å². The van der Waals surface area contributed by atoms with Crippen LogP contribution < -0.4 is 5.32 Å². The quantitative estimate of drug-likeness (QED) is 0.805. The standard InChI is InChI=1S/C13H24N2O3/c1-5-8(2)10(4)14-13(18)15-6-9(3)11(7-15)12(16)17/h8-11H,5-7H2,1-4H3,(H,14,18)(H,16,17). The zero-order valence-electron chi connectivity index (χ0n) is 11.6. The number of carboxylic acids is 1. The number of carbonyl (C=O) groups excluding carboxylic acids is 1. The predicted molar refractivity (Wildman–Crippen MR) is 69.3 cm³/mol. The first kappa shape index (κ1) is 14.8. The molecule has 0 saturated carbocycles. The number of hydrogen-bond donors (Lipinski definition) is 2. The Balaban J connectivity index is 2.52. The van der Waals surface area contributed by atoms with Gasteiger partial charge in [0.25, 0.3) is 0 Å². The predicted octanol–water partition coefficient (Wildman–Crippen LogP) is 1.78. The van der Waals surface area contributed by atoms with Crippen LogP contribution in [0, 0.1) is 17.8 Å². The second kappa shape index (κ2) is 6.07. The fourth-order valence-electron chi connectivity index (χ4n) is 2.24. The lowest BCUT2D eigenvalue weighted by Crippen LogP contribution is -2.45. The number of rotatable bonds is 4. The van der Waals surface area contributed by atoms with Crippen molar-refractivity contribution in [1.29, 1.82) is 0 Å². The van der Waals surface area contributed by atoms with Gasteiger partial charge in [-0.05, 0) is 18.8 Å². The van der Waals surface area contributed by atoms with Crippen molar-refractivity contribution in [3.63, 3.8) is 0 Å². The highest BCUT2D eigenvalue weighted by molar-refractivity contribution is 5.77. The van der Waals surface area contributed by atoms with Gasteiger partial charge in [-0.15, -0.1) is 0 Å². The maximum absolute atomic E-state index is 12.0. The molecule has 1 rings (SSSR count). The molecule has 5 heteroatoms. The number of carboxylic acid groups (broad SMARTS) is 1. The first-order valence-electron chi connectivity index (χ1n) is 6.65. The van der Waals surface area contributed by atoms with Gasteiger partial charge in [0.15, 0.2) is 0 Å². The molecule has 5 nitrogen and oxygen atoms in total. The Morgan fingerprint density at radius 2 is 2.00 bits per heavy atom. The van der Waals surface area contributed by atoms with Crippen LogP contribution in [0.1, 0.15) is 34.1 Å². The molecule has 2 amide bonds. The van der Waals surface area contributed by atoms with Crippen LogP contribution in [0.2, 0.25) is 0 Å². The minimum Gasteiger partial charge on any atom is -0.481 e. The average molecular weight is 256 g/mol. The normalized spacial score (nSPS) is 26.8. The van der Waals surface area contributed by atoms with E-state index in [1.165, 1.54) is 0 Å². The van der Waals surface area contributed by atoms with E-state index in [1.54, 1.807) is 4.90 Å². The molecule has 1 aliphatic heterocycles. The number of carbonyl (C=O) groups is 2. The molecule has 0 bridgehead atoms. The molecule has 4 atom stereocenters. The van der Waals surface area contributed by atoms with Crippen molar-refractivity contribution in [1.82, 2.24) is 10.2 Å². The van der Waals surface area contributed by atoms with E-state index in [4.69, 9.17) is 5.11 Å². The molecule has 1 heterocycles. The summed E-state index contributed by atoms with van der Waals surface area (Å²) in [5.74, 6) is -0.807. The Hall–Kier alpha value is -1.26. The summed E-state index contributed by atoms with van der Waals surface area (Å²) in [6, 6.07) is -0.0277. The molecular formula is C13H24N2O3. The molecule has 104 valence electrons. The van der Waals surface area contributed by atoms with Crippen LogP contribution in [0.4, 0.5) is 4.79 Å². The van der Waals surface area contributed by atoms with Crippen molar-refractivity contribution in [3.05, 3.63) is 0 Å². The smallest absolute Gasteiger partial charge is 0.317 e. The largest absolute Gasteiger partial charge is 0.481 e. The molecule has 1 fully saturated rings. The number of amides is 2. The summed E-state index contributed by atoms with van der Waals surface area (Å²) in [5.41, 5.74) is 0. The lowest BCUT2D eigenvalue weighted by Gasteiger charge is -2.24. The molecule has 18 heavy (non-hydrogen) atoms. The summed E-state index contributed by atoms with van der Waals surface area (Å²) in [6.45, 7) is 8.89. The number of urea groups is 1. The lowest BCUT2D eigenvalue weighted by molar-refractivity contribution is -0.142. The van der Waals surface area contributed by atoms with Crippen molar-refractivity contribution >= 4 is 12.0 Å². The van der Waals surface area contributed by atoms with Crippen LogP contribution >= 0.6 is 0 Å². The van der Waals surface area contributed by atoms with Crippen LogP contribution in [0.5, 0.6) is 0 Å². The van der Waals surface area contributed by atoms with Crippen LogP contribution in [-0.4, -0.2) is 41.1 Å². The van der Waals surface area contributed by atoms with E-state index in [0.717, 1.165) is 6.42 Å². The average Bonchev–Trinajstić information content (AvgIpc) is 2.70. The lowest BCUT2D eigenvalue weighted by atomic mass is 9.99. The van der Waals surface area contributed by atoms with E-state index in [9.17, 15) is 9.59 Å². The molecule has 1 saturated heterocycles. The summed E-state index contributed by atoms with van der Waals surface area (Å²) >= 11 is 0. The van der Waals surface area contributed by atoms with Gasteiger partial charge in [0.05, 0.1) is 5.92 Å². The van der Waals surface area contributed by atoms with Gasteiger partial charge in [-0.2, -0.15) is 0 Å². The number of hydrogen-bond acceptors (Lipinski definition) is 2. The maximum Gasteiger partial charge on any atom is 0.317 e. The van der Waals surface area contributed by atoms with Crippen molar-refractivity contribution in [2.75, 3.05) is 13.1 Å². The van der Waals surface area contributed by atoms with Crippen molar-refractivity contribution < 1.29 is 14.7 Å². The third-order valence-electron chi connectivity index (χ3n) is 4.07. The second-order valence-corrected chi connectivity index (χ2v) is 5.45. The SMILES string of the molecule is CCC(C)C(C)NC(=O)N1CC(C)C(C(=O)O)C1. The Morgan fingerprint density at radius 1 is 1.39 bits per heavy atom. The van der Waals surface area contributed by atoms with E-state index in [-0.39, 0.29) is 18.0 Å². The van der Waals surface area contributed by atoms with Gasteiger partial charge < -0.3 is 15.3 Å². The van der Waals surface area contributed by atoms with Crippen molar-refractivity contribution in [2.24, 2.45) is 17.8 Å². The summed E-state index contributed by atoms with van der Waals surface area (Å²) in [4.78, 5) is 24.6. The summed E-state index contributed by atoms with van der Waals surface area (Å²) in [7, 11) is 0. The van der Waals surface area contributed by atoms with Crippen molar-refractivity contribution in [2.45, 2.75) is 40.2 Å². The molecule has 0 aromatic heterocycles. The van der Waals surface area contributed by atoms with E-state index >= 15 is 0 Å². The van der Waals surface area contributed by atoms with Gasteiger partial charge in [-0.3, -0.25) is 4.79 Å². The van der Waals surface area contributed by atoms with E-state index < -0.39 is 11.9 Å². The third kappa shape index (κ3) is 3.37. The minimum atomic E-state index is -0.812. The van der Waals surface area contributed by atoms with Crippen LogP contribution in [-0.2, 0) is 4.79 Å². The van der Waals surface area contributed by atoms with Crippen molar-refractivity contribution in [3.8, 4) is 0 Å². The monoisotopic (exact) mass is 256 g/mol. The van der Waals surface area contributed by atoms with E-state index in [2.05, 4.69) is 19.2 Å². The van der Waals surface area contributed by atoms with Gasteiger partial charge in [-0.1, -0.05) is 27.2 Å². The highest BCUT2D eigenvalue weighted by Gasteiger charge is 2.37. The van der Waals surface area contributed by atoms with Gasteiger partial charge in [-0.25, -0.2) is 4.79 Å². The van der Waals surface area contributed by atoms with Gasteiger partial charge in [0.1, 0.15) is 0 Å². The van der Waals surface area contributed by atoms with Crippen LogP contribution in [0.15, 0.2) is 0 Å².